The minimum atomic E-state index is -0.348. The van der Waals surface area contributed by atoms with Gasteiger partial charge in [-0.1, -0.05) is 31.4 Å². The molecular formula is C24H25FO4. The largest absolute Gasteiger partial charge is 0.508 e. The Kier molecular flexibility index (Phi) is 9.42. The van der Waals surface area contributed by atoms with Crippen molar-refractivity contribution in [2.75, 3.05) is 6.61 Å². The summed E-state index contributed by atoms with van der Waals surface area (Å²) in [7, 11) is 0. The first kappa shape index (κ1) is 23.7. The van der Waals surface area contributed by atoms with Crippen LogP contribution in [0, 0.1) is 5.82 Å². The van der Waals surface area contributed by atoms with Crippen LogP contribution in [-0.4, -0.2) is 29.4 Å². The molecule has 0 aliphatic heterocycles. The van der Waals surface area contributed by atoms with Gasteiger partial charge >= 0.3 is 0 Å². The zero-order chi connectivity index (χ0) is 22.0. The van der Waals surface area contributed by atoms with Gasteiger partial charge in [0.25, 0.3) is 0 Å². The molecule has 0 atom stereocenters. The third-order valence-electron chi connectivity index (χ3n) is 3.75. The Labute approximate surface area is 169 Å². The number of carbonyl (C=O) groups excluding carboxylic acids is 2. The molecule has 152 valence electrons. The van der Waals surface area contributed by atoms with Gasteiger partial charge in [0.15, 0.2) is 0 Å². The number of halogens is 1. The summed E-state index contributed by atoms with van der Waals surface area (Å²) in [6.07, 6.45) is 2.01. The molecule has 0 heterocycles. The molecule has 0 aromatic heterocycles. The predicted molar refractivity (Wildman–Crippen MR) is 116 cm³/mol. The Bertz CT molecular complexity index is 1020. The van der Waals surface area contributed by atoms with Gasteiger partial charge in [-0.25, -0.2) is 4.39 Å². The van der Waals surface area contributed by atoms with E-state index in [2.05, 4.69) is 13.2 Å². The maximum Gasteiger partial charge on any atom is 0.145 e. The van der Waals surface area contributed by atoms with Crippen molar-refractivity contribution in [1.29, 1.82) is 0 Å². The zero-order valence-electron chi connectivity index (χ0n) is 16.6. The zero-order valence-corrected chi connectivity index (χ0v) is 16.6. The summed E-state index contributed by atoms with van der Waals surface area (Å²) in [6, 6.07) is 11.9. The number of rotatable bonds is 4. The third kappa shape index (κ3) is 7.31. The molecule has 3 aromatic carbocycles. The van der Waals surface area contributed by atoms with Crippen molar-refractivity contribution >= 4 is 34.1 Å². The lowest BCUT2D eigenvalue weighted by Crippen LogP contribution is -1.91. The van der Waals surface area contributed by atoms with Crippen molar-refractivity contribution in [1.82, 2.24) is 0 Å². The van der Waals surface area contributed by atoms with Crippen LogP contribution in [0.2, 0.25) is 0 Å². The number of allylic oxidation sites excluding steroid dienone is 2. The van der Waals surface area contributed by atoms with Crippen LogP contribution < -0.4 is 0 Å². The van der Waals surface area contributed by atoms with Gasteiger partial charge in [-0.2, -0.15) is 0 Å². The van der Waals surface area contributed by atoms with Gasteiger partial charge in [-0.3, -0.25) is 9.59 Å². The molecule has 3 aromatic rings. The van der Waals surface area contributed by atoms with Gasteiger partial charge in [-0.15, -0.1) is 0 Å². The van der Waals surface area contributed by atoms with Crippen LogP contribution in [0.3, 0.4) is 0 Å². The van der Waals surface area contributed by atoms with E-state index in [0.29, 0.717) is 23.0 Å². The van der Waals surface area contributed by atoms with Crippen LogP contribution in [0.1, 0.15) is 19.4 Å². The fourth-order valence-corrected chi connectivity index (χ4v) is 2.44. The van der Waals surface area contributed by atoms with Gasteiger partial charge in [0.05, 0.1) is 0 Å². The molecule has 29 heavy (non-hydrogen) atoms. The maximum atomic E-state index is 14.1. The van der Waals surface area contributed by atoms with Crippen molar-refractivity contribution in [2.45, 2.75) is 20.3 Å². The quantitative estimate of drug-likeness (QED) is 0.374. The van der Waals surface area contributed by atoms with E-state index in [1.807, 2.05) is 18.2 Å². The molecule has 0 unspecified atom stereocenters. The predicted octanol–water partition coefficient (Wildman–Crippen LogP) is 4.90. The second-order valence-corrected chi connectivity index (χ2v) is 6.55. The number of aldehydes is 2. The molecule has 2 N–H and O–H groups in total. The summed E-state index contributed by atoms with van der Waals surface area (Å²) in [6.45, 7) is 10.0. The number of aromatic hydroxyl groups is 1. The van der Waals surface area contributed by atoms with Gasteiger partial charge in [-0.05, 0) is 77.4 Å². The molecule has 0 amide bonds. The average Bonchev–Trinajstić information content (AvgIpc) is 2.69. The molecule has 0 radical (unpaired) electrons. The first-order chi connectivity index (χ1) is 13.7. The lowest BCUT2D eigenvalue weighted by molar-refractivity contribution is -0.105. The van der Waals surface area contributed by atoms with E-state index in [9.17, 15) is 19.1 Å². The molecule has 0 saturated carbocycles. The molecule has 0 bridgehead atoms. The van der Waals surface area contributed by atoms with Crippen LogP contribution in [0.15, 0.2) is 66.8 Å². The van der Waals surface area contributed by atoms with Crippen LogP contribution in [-0.2, 0) is 16.0 Å². The third-order valence-corrected chi connectivity index (χ3v) is 3.75. The average molecular weight is 396 g/mol. The van der Waals surface area contributed by atoms with Gasteiger partial charge in [0.2, 0.25) is 0 Å². The van der Waals surface area contributed by atoms with Crippen LogP contribution in [0.5, 0.6) is 5.75 Å². The molecule has 0 saturated heterocycles. The maximum absolute atomic E-state index is 14.1. The number of benzene rings is 3. The fraction of sp³-hybridized carbons (Fsp3) is 0.167. The number of phenolic OH excluding ortho intramolecular Hbond substituents is 1. The van der Waals surface area contributed by atoms with Crippen molar-refractivity contribution in [3.8, 4) is 5.75 Å². The summed E-state index contributed by atoms with van der Waals surface area (Å²) in [4.78, 5) is 18.8. The highest BCUT2D eigenvalue weighted by atomic mass is 19.1. The number of hydrogen-bond donors (Lipinski definition) is 2. The summed E-state index contributed by atoms with van der Waals surface area (Å²) in [5.74, 6) is -0.290. The van der Waals surface area contributed by atoms with E-state index < -0.39 is 0 Å². The van der Waals surface area contributed by atoms with E-state index >= 15 is 0 Å². The molecule has 5 heteroatoms. The highest BCUT2D eigenvalue weighted by Crippen LogP contribution is 2.30. The standard InChI is InChI=1S/C16H13FO2.2C4H6O/c17-16-8-11-7-10(5-6-18)1-3-13(11)14-4-2-12(19)9-15(14)16;2*1-4(2)3-5/h1-4,7-9,18-19H,5-6H2;2*3H,1H2,2H3. The smallest absolute Gasteiger partial charge is 0.145 e. The summed E-state index contributed by atoms with van der Waals surface area (Å²) >= 11 is 0. The summed E-state index contributed by atoms with van der Waals surface area (Å²) in [5, 5.41) is 21.3. The van der Waals surface area contributed by atoms with Crippen molar-refractivity contribution in [3.05, 3.63) is 78.1 Å². The SMILES string of the molecule is C=C(C)C=O.C=C(C)C=O.OCCc1ccc2c(c1)cc(F)c1cc(O)ccc12. The number of phenols is 1. The number of aliphatic hydroxyl groups is 1. The molecule has 0 aliphatic rings. The Hall–Kier alpha value is -3.31. The highest BCUT2D eigenvalue weighted by Gasteiger charge is 2.08. The summed E-state index contributed by atoms with van der Waals surface area (Å²) < 4.78 is 14.1. The van der Waals surface area contributed by atoms with Gasteiger partial charge in [0.1, 0.15) is 24.1 Å². The molecule has 0 fully saturated rings. The Morgan fingerprint density at radius 1 is 0.931 bits per heavy atom. The Morgan fingerprint density at radius 3 is 2.00 bits per heavy atom. The lowest BCUT2D eigenvalue weighted by Gasteiger charge is -2.08. The normalized spacial score (nSPS) is 9.66. The number of fused-ring (bicyclic) bond motifs is 3. The molecule has 3 rings (SSSR count). The van der Waals surface area contributed by atoms with Crippen molar-refractivity contribution in [2.24, 2.45) is 0 Å². The highest BCUT2D eigenvalue weighted by molar-refractivity contribution is 6.08. The minimum absolute atomic E-state index is 0.0580. The van der Waals surface area contributed by atoms with E-state index in [1.165, 1.54) is 12.1 Å². The Morgan fingerprint density at radius 2 is 1.48 bits per heavy atom. The van der Waals surface area contributed by atoms with E-state index in [4.69, 9.17) is 5.11 Å². The minimum Gasteiger partial charge on any atom is -0.508 e. The second kappa shape index (κ2) is 11.5. The molecule has 0 aliphatic carbocycles. The fourth-order valence-electron chi connectivity index (χ4n) is 2.44. The topological polar surface area (TPSA) is 74.6 Å². The molecular weight excluding hydrogens is 371 g/mol. The number of aliphatic hydroxyl groups excluding tert-OH is 1. The number of carbonyl (C=O) groups is 2. The monoisotopic (exact) mass is 396 g/mol. The van der Waals surface area contributed by atoms with E-state index in [1.54, 1.807) is 26.0 Å². The first-order valence-electron chi connectivity index (χ1n) is 8.89. The van der Waals surface area contributed by atoms with Crippen LogP contribution >= 0.6 is 0 Å². The lowest BCUT2D eigenvalue weighted by atomic mass is 9.99. The van der Waals surface area contributed by atoms with Crippen molar-refractivity contribution < 1.29 is 24.2 Å². The van der Waals surface area contributed by atoms with Gasteiger partial charge in [0, 0.05) is 12.0 Å². The van der Waals surface area contributed by atoms with E-state index in [0.717, 1.165) is 34.3 Å². The van der Waals surface area contributed by atoms with Gasteiger partial charge < -0.3 is 10.2 Å². The second-order valence-electron chi connectivity index (χ2n) is 6.55. The van der Waals surface area contributed by atoms with E-state index in [-0.39, 0.29) is 18.2 Å². The van der Waals surface area contributed by atoms with Crippen LogP contribution in [0.25, 0.3) is 21.5 Å². The van der Waals surface area contributed by atoms with Crippen molar-refractivity contribution in [3.63, 3.8) is 0 Å². The first-order valence-corrected chi connectivity index (χ1v) is 8.89. The molecule has 0 spiro atoms. The Balaban J connectivity index is 0.000000353. The summed E-state index contributed by atoms with van der Waals surface area (Å²) in [5.41, 5.74) is 2.13. The molecule has 4 nitrogen and oxygen atoms in total. The van der Waals surface area contributed by atoms with Crippen LogP contribution in [0.4, 0.5) is 4.39 Å². The number of hydrogen-bond acceptors (Lipinski definition) is 4.